The van der Waals surface area contributed by atoms with Crippen LogP contribution >= 0.6 is 11.6 Å². The number of nitrogens with zero attached hydrogens (tertiary/aromatic N) is 3. The van der Waals surface area contributed by atoms with Crippen LogP contribution in [0.2, 0.25) is 5.02 Å². The SMILES string of the molecule is Cc1ccc(Cl)cc1N1C(=O)c2cc(-c3ccco3)nn2CC1(C)C(=O)NC1CCCC1. The Kier molecular flexibility index (Phi) is 5.08. The maximum Gasteiger partial charge on any atom is 0.277 e. The normalized spacial score (nSPS) is 21.1. The van der Waals surface area contributed by atoms with Gasteiger partial charge in [0, 0.05) is 22.8 Å². The minimum absolute atomic E-state index is 0.134. The Morgan fingerprint density at radius 1 is 1.25 bits per heavy atom. The van der Waals surface area contributed by atoms with E-state index in [1.807, 2.05) is 13.0 Å². The summed E-state index contributed by atoms with van der Waals surface area (Å²) < 4.78 is 7.09. The van der Waals surface area contributed by atoms with Crippen LogP contribution in [0.25, 0.3) is 11.5 Å². The third-order valence-electron chi connectivity index (χ3n) is 6.52. The first-order valence-electron chi connectivity index (χ1n) is 10.9. The minimum Gasteiger partial charge on any atom is -0.463 e. The summed E-state index contributed by atoms with van der Waals surface area (Å²) in [5.74, 6) is 0.0936. The molecule has 7 nitrogen and oxygen atoms in total. The molecule has 8 heteroatoms. The van der Waals surface area contributed by atoms with E-state index in [4.69, 9.17) is 16.0 Å². The van der Waals surface area contributed by atoms with E-state index in [9.17, 15) is 9.59 Å². The highest BCUT2D eigenvalue weighted by Crippen LogP contribution is 2.37. The zero-order valence-corrected chi connectivity index (χ0v) is 18.9. The van der Waals surface area contributed by atoms with Gasteiger partial charge in [0.25, 0.3) is 5.91 Å². The highest BCUT2D eigenvalue weighted by Gasteiger charge is 2.49. The number of benzene rings is 1. The van der Waals surface area contributed by atoms with Crippen molar-refractivity contribution in [2.75, 3.05) is 4.90 Å². The fraction of sp³-hybridized carbons (Fsp3) is 0.375. The van der Waals surface area contributed by atoms with Crippen LogP contribution in [0.3, 0.4) is 0 Å². The molecule has 2 amide bonds. The van der Waals surface area contributed by atoms with Crippen molar-refractivity contribution < 1.29 is 14.0 Å². The van der Waals surface area contributed by atoms with Gasteiger partial charge in [-0.2, -0.15) is 5.10 Å². The van der Waals surface area contributed by atoms with Gasteiger partial charge >= 0.3 is 0 Å². The molecule has 1 saturated carbocycles. The molecule has 166 valence electrons. The van der Waals surface area contributed by atoms with Gasteiger partial charge in [0.1, 0.15) is 16.9 Å². The third-order valence-corrected chi connectivity index (χ3v) is 6.75. The van der Waals surface area contributed by atoms with Gasteiger partial charge in [0.2, 0.25) is 5.91 Å². The van der Waals surface area contributed by atoms with E-state index in [-0.39, 0.29) is 24.4 Å². The molecule has 1 fully saturated rings. The standard InChI is InChI=1S/C24H25ClN4O3/c1-15-9-10-16(25)12-19(15)29-22(30)20-13-18(21-8-5-11-32-21)27-28(20)14-24(29,2)23(31)26-17-6-3-4-7-17/h5,8-13,17H,3-4,6-7,14H2,1-2H3,(H,26,31). The van der Waals surface area contributed by atoms with Crippen LogP contribution in [0.4, 0.5) is 5.69 Å². The molecule has 2 aromatic heterocycles. The predicted octanol–water partition coefficient (Wildman–Crippen LogP) is 4.58. The highest BCUT2D eigenvalue weighted by atomic mass is 35.5. The molecule has 0 bridgehead atoms. The maximum absolute atomic E-state index is 13.8. The number of amides is 2. The zero-order chi connectivity index (χ0) is 22.5. The van der Waals surface area contributed by atoms with Gasteiger partial charge in [-0.1, -0.05) is 30.5 Å². The number of aromatic nitrogens is 2. The van der Waals surface area contributed by atoms with Gasteiger partial charge in [-0.05, 0) is 56.5 Å². The largest absolute Gasteiger partial charge is 0.463 e. The van der Waals surface area contributed by atoms with Crippen LogP contribution < -0.4 is 10.2 Å². The molecule has 1 N–H and O–H groups in total. The Labute approximate surface area is 191 Å². The van der Waals surface area contributed by atoms with E-state index in [0.29, 0.717) is 27.9 Å². The molecule has 1 aromatic carbocycles. The summed E-state index contributed by atoms with van der Waals surface area (Å²) in [6.07, 6.45) is 5.70. The average molecular weight is 453 g/mol. The van der Waals surface area contributed by atoms with Gasteiger partial charge in [0.15, 0.2) is 5.76 Å². The smallest absolute Gasteiger partial charge is 0.277 e. The second kappa shape index (κ2) is 7.81. The summed E-state index contributed by atoms with van der Waals surface area (Å²) in [4.78, 5) is 29.1. The van der Waals surface area contributed by atoms with Crippen LogP contribution in [-0.2, 0) is 11.3 Å². The highest BCUT2D eigenvalue weighted by molar-refractivity contribution is 6.31. The number of fused-ring (bicyclic) bond motifs is 1. The van der Waals surface area contributed by atoms with E-state index < -0.39 is 5.54 Å². The lowest BCUT2D eigenvalue weighted by Gasteiger charge is -2.44. The number of anilines is 1. The lowest BCUT2D eigenvalue weighted by Crippen LogP contribution is -2.65. The van der Waals surface area contributed by atoms with Crippen LogP contribution in [0, 0.1) is 6.92 Å². The zero-order valence-electron chi connectivity index (χ0n) is 18.1. The Morgan fingerprint density at radius 3 is 2.75 bits per heavy atom. The van der Waals surface area contributed by atoms with Gasteiger partial charge in [-0.15, -0.1) is 0 Å². The molecule has 5 rings (SSSR count). The molecule has 32 heavy (non-hydrogen) atoms. The fourth-order valence-corrected chi connectivity index (χ4v) is 4.90. The first-order chi connectivity index (χ1) is 15.4. The van der Waals surface area contributed by atoms with Gasteiger partial charge in [0.05, 0.1) is 12.8 Å². The van der Waals surface area contributed by atoms with Crippen molar-refractivity contribution in [1.29, 1.82) is 0 Å². The lowest BCUT2D eigenvalue weighted by atomic mass is 9.92. The summed E-state index contributed by atoms with van der Waals surface area (Å²) in [6, 6.07) is 10.8. The molecular formula is C24H25ClN4O3. The predicted molar refractivity (Wildman–Crippen MR) is 122 cm³/mol. The Morgan fingerprint density at radius 2 is 2.03 bits per heavy atom. The van der Waals surface area contributed by atoms with Crippen molar-refractivity contribution in [1.82, 2.24) is 15.1 Å². The number of furan rings is 1. The monoisotopic (exact) mass is 452 g/mol. The topological polar surface area (TPSA) is 80.4 Å². The fourth-order valence-electron chi connectivity index (χ4n) is 4.74. The van der Waals surface area contributed by atoms with Crippen LogP contribution in [0.1, 0.15) is 48.7 Å². The second-order valence-electron chi connectivity index (χ2n) is 8.85. The van der Waals surface area contributed by atoms with Crippen LogP contribution in [0.5, 0.6) is 0 Å². The molecule has 2 aliphatic rings. The van der Waals surface area contributed by atoms with Crippen molar-refractivity contribution in [3.8, 4) is 11.5 Å². The van der Waals surface area contributed by atoms with Gasteiger partial charge in [-0.25, -0.2) is 0 Å². The maximum atomic E-state index is 13.8. The number of halogens is 1. The molecule has 0 saturated heterocycles. The number of aryl methyl sites for hydroxylation is 1. The van der Waals surface area contributed by atoms with Crippen molar-refractivity contribution in [2.45, 2.75) is 57.7 Å². The van der Waals surface area contributed by atoms with Gasteiger partial charge in [-0.3, -0.25) is 19.2 Å². The van der Waals surface area contributed by atoms with Crippen molar-refractivity contribution >= 4 is 29.1 Å². The number of carbonyl (C=O) groups excluding carboxylic acids is 2. The van der Waals surface area contributed by atoms with E-state index in [1.54, 1.807) is 53.1 Å². The molecule has 1 atom stereocenters. The summed E-state index contributed by atoms with van der Waals surface area (Å²) in [5, 5.41) is 8.28. The number of nitrogens with one attached hydrogen (secondary N) is 1. The summed E-state index contributed by atoms with van der Waals surface area (Å²) in [5.41, 5.74) is 1.28. The van der Waals surface area contributed by atoms with E-state index in [1.165, 1.54) is 0 Å². The second-order valence-corrected chi connectivity index (χ2v) is 9.29. The molecule has 1 aliphatic carbocycles. The van der Waals surface area contributed by atoms with Crippen LogP contribution in [-0.4, -0.2) is 33.2 Å². The van der Waals surface area contributed by atoms with E-state index in [0.717, 1.165) is 31.2 Å². The van der Waals surface area contributed by atoms with Crippen molar-refractivity contribution in [3.63, 3.8) is 0 Å². The van der Waals surface area contributed by atoms with Crippen molar-refractivity contribution in [3.05, 3.63) is 58.9 Å². The number of hydrogen-bond acceptors (Lipinski definition) is 4. The number of hydrogen-bond donors (Lipinski definition) is 1. The molecule has 3 heterocycles. The van der Waals surface area contributed by atoms with Crippen molar-refractivity contribution in [2.24, 2.45) is 0 Å². The average Bonchev–Trinajstić information content (AvgIpc) is 3.51. The Hall–Kier alpha value is -3.06. The molecule has 0 radical (unpaired) electrons. The molecule has 1 unspecified atom stereocenters. The number of rotatable bonds is 4. The first kappa shape index (κ1) is 20.8. The summed E-state index contributed by atoms with van der Waals surface area (Å²) in [7, 11) is 0. The molecule has 0 spiro atoms. The third kappa shape index (κ3) is 3.41. The van der Waals surface area contributed by atoms with E-state index >= 15 is 0 Å². The quantitative estimate of drug-likeness (QED) is 0.628. The molecule has 3 aromatic rings. The van der Waals surface area contributed by atoms with E-state index in [2.05, 4.69) is 10.4 Å². The lowest BCUT2D eigenvalue weighted by molar-refractivity contribution is -0.127. The minimum atomic E-state index is -1.17. The Bertz CT molecular complexity index is 1180. The summed E-state index contributed by atoms with van der Waals surface area (Å²) >= 11 is 6.30. The first-order valence-corrected chi connectivity index (χ1v) is 11.3. The van der Waals surface area contributed by atoms with Gasteiger partial charge < -0.3 is 9.73 Å². The Balaban J connectivity index is 1.61. The molecule has 1 aliphatic heterocycles. The van der Waals surface area contributed by atoms with Crippen LogP contribution in [0.15, 0.2) is 47.1 Å². The molecular weight excluding hydrogens is 428 g/mol. The summed E-state index contributed by atoms with van der Waals surface area (Å²) in [6.45, 7) is 3.93. The number of carbonyl (C=O) groups is 2.